The minimum absolute atomic E-state index is 0.106. The summed E-state index contributed by atoms with van der Waals surface area (Å²) in [4.78, 5) is 3.63. The molecule has 5 heteroatoms. The molecule has 0 atom stereocenters. The standard InChI is InChI=1S/C5H3ClN.2ClH.Pd/c6-5-2-1-3-7-4-5;;;/h1-3H;2*1H;/q-1;;;+2/p-2. The quantitative estimate of drug-likeness (QED) is 0.529. The number of hydrogen-bond donors (Lipinski definition) is 0. The Hall–Kier alpha value is 0.682. The third kappa shape index (κ3) is 6.80. The second-order valence-electron chi connectivity index (χ2n) is 1.14. The van der Waals surface area contributed by atoms with E-state index in [0.717, 1.165) is 0 Å². The van der Waals surface area contributed by atoms with Gasteiger partial charge in [0.25, 0.3) is 0 Å². The Morgan fingerprint density at radius 1 is 1.50 bits per heavy atom. The summed E-state index contributed by atoms with van der Waals surface area (Å²) in [5, 5.41) is 0.558. The topological polar surface area (TPSA) is 12.9 Å². The van der Waals surface area contributed by atoms with E-state index in [1.807, 2.05) is 0 Å². The second-order valence-corrected chi connectivity index (χ2v) is 3.91. The number of halogens is 3. The molecular weight excluding hydrogens is 287 g/mol. The summed E-state index contributed by atoms with van der Waals surface area (Å²) in [5.41, 5.74) is 0. The summed E-state index contributed by atoms with van der Waals surface area (Å²) < 4.78 is 0. The summed E-state index contributed by atoms with van der Waals surface area (Å²) >= 11 is 5.32. The van der Waals surface area contributed by atoms with Crippen molar-refractivity contribution in [1.82, 2.24) is 4.98 Å². The maximum absolute atomic E-state index is 5.42. The number of hydrogen-bond acceptors (Lipinski definition) is 1. The fraction of sp³-hybridized carbons (Fsp3) is 0. The molecule has 1 aromatic rings. The van der Waals surface area contributed by atoms with E-state index in [9.17, 15) is 0 Å². The fourth-order valence-electron chi connectivity index (χ4n) is 0.307. The van der Waals surface area contributed by atoms with Crippen LogP contribution in [0.15, 0.2) is 18.3 Å². The van der Waals surface area contributed by atoms with Crippen LogP contribution in [0.25, 0.3) is 0 Å². The summed E-state index contributed by atoms with van der Waals surface area (Å²) in [6.45, 7) is 0. The minimum atomic E-state index is -0.106. The van der Waals surface area contributed by atoms with E-state index in [1.165, 1.54) is 0 Å². The van der Waals surface area contributed by atoms with Crippen LogP contribution >= 0.6 is 30.7 Å². The van der Waals surface area contributed by atoms with Crippen molar-refractivity contribution in [2.24, 2.45) is 0 Å². The average Bonchev–Trinajstić information content (AvgIpc) is 1.91. The second kappa shape index (κ2) is 7.79. The van der Waals surface area contributed by atoms with E-state index in [2.05, 4.69) is 11.2 Å². The normalized spacial score (nSPS) is 8.30. The van der Waals surface area contributed by atoms with Crippen LogP contribution in [0.5, 0.6) is 0 Å². The van der Waals surface area contributed by atoms with Crippen molar-refractivity contribution in [2.75, 3.05) is 0 Å². The van der Waals surface area contributed by atoms with Crippen LogP contribution in [0.1, 0.15) is 0 Å². The molecule has 0 amide bonds. The van der Waals surface area contributed by atoms with Crippen LogP contribution < -0.4 is 0 Å². The molecule has 0 aliphatic rings. The first-order valence-corrected chi connectivity index (χ1v) is 6.50. The van der Waals surface area contributed by atoms with Gasteiger partial charge < -0.3 is 4.98 Å². The summed E-state index contributed by atoms with van der Waals surface area (Å²) in [6.07, 6.45) is 4.18. The molecule has 10 heavy (non-hydrogen) atoms. The Kier molecular flexibility index (Phi) is 8.32. The van der Waals surface area contributed by atoms with Gasteiger partial charge >= 0.3 is 35.0 Å². The molecule has 60 valence electrons. The predicted octanol–water partition coefficient (Wildman–Crippen LogP) is 2.91. The Labute approximate surface area is 80.8 Å². The third-order valence-corrected chi connectivity index (χ3v) is 0.785. The van der Waals surface area contributed by atoms with Gasteiger partial charge in [0.05, 0.1) is 0 Å². The fourth-order valence-corrected chi connectivity index (χ4v) is 0.428. The van der Waals surface area contributed by atoms with E-state index < -0.39 is 0 Å². The molecule has 1 rings (SSSR count). The van der Waals surface area contributed by atoms with Crippen molar-refractivity contribution in [3.8, 4) is 0 Å². The van der Waals surface area contributed by atoms with Crippen LogP contribution in [0, 0.1) is 6.20 Å². The van der Waals surface area contributed by atoms with Crippen LogP contribution in [0.3, 0.4) is 0 Å². The van der Waals surface area contributed by atoms with E-state index in [-0.39, 0.29) is 15.9 Å². The monoisotopic (exact) mass is 288 g/mol. The third-order valence-electron chi connectivity index (χ3n) is 0.575. The van der Waals surface area contributed by atoms with Gasteiger partial charge in [-0.05, 0) is 0 Å². The van der Waals surface area contributed by atoms with Crippen molar-refractivity contribution in [2.45, 2.75) is 0 Å². The Morgan fingerprint density at radius 2 is 2.10 bits per heavy atom. The zero-order valence-electron chi connectivity index (χ0n) is 4.63. The van der Waals surface area contributed by atoms with Gasteiger partial charge in [0.15, 0.2) is 0 Å². The maximum atomic E-state index is 5.42. The van der Waals surface area contributed by atoms with Gasteiger partial charge in [0.1, 0.15) is 0 Å². The Balaban J connectivity index is 0.000000236. The van der Waals surface area contributed by atoms with Gasteiger partial charge in [0.2, 0.25) is 0 Å². The molecule has 1 heterocycles. The van der Waals surface area contributed by atoms with Gasteiger partial charge in [-0.2, -0.15) is 6.07 Å². The molecule has 0 radical (unpaired) electrons. The van der Waals surface area contributed by atoms with Crippen molar-refractivity contribution >= 4 is 30.7 Å². The van der Waals surface area contributed by atoms with Crippen molar-refractivity contribution in [3.63, 3.8) is 0 Å². The molecule has 0 aromatic carbocycles. The molecule has 0 aliphatic heterocycles. The molecule has 0 fully saturated rings. The summed E-state index contributed by atoms with van der Waals surface area (Å²) in [7, 11) is 9.63. The van der Waals surface area contributed by atoms with Crippen LogP contribution in [0.4, 0.5) is 0 Å². The molecule has 0 spiro atoms. The first-order chi connectivity index (χ1) is 4.81. The molecule has 1 aromatic heterocycles. The van der Waals surface area contributed by atoms with E-state index in [1.54, 1.807) is 18.3 Å². The number of aromatic nitrogens is 1. The number of pyridine rings is 1. The number of rotatable bonds is 0. The van der Waals surface area contributed by atoms with Crippen molar-refractivity contribution < 1.29 is 15.9 Å². The van der Waals surface area contributed by atoms with Crippen LogP contribution in [0.2, 0.25) is 5.02 Å². The first-order valence-electron chi connectivity index (χ1n) is 2.12. The van der Waals surface area contributed by atoms with Crippen LogP contribution in [-0.4, -0.2) is 4.98 Å². The summed E-state index contributed by atoms with van der Waals surface area (Å²) in [5.74, 6) is 0. The zero-order chi connectivity index (χ0) is 7.82. The van der Waals surface area contributed by atoms with E-state index >= 15 is 0 Å². The van der Waals surface area contributed by atoms with Gasteiger partial charge in [-0.1, -0.05) is 17.4 Å². The Bertz CT molecular complexity index is 158. The zero-order valence-corrected chi connectivity index (χ0v) is 8.45. The van der Waals surface area contributed by atoms with Gasteiger partial charge in [-0.15, -0.1) is 17.7 Å². The van der Waals surface area contributed by atoms with Crippen molar-refractivity contribution in [3.05, 3.63) is 29.5 Å². The SMILES string of the molecule is Clc1[c-]nccc1.[Cl][Pd][Cl]. The molecule has 0 aliphatic carbocycles. The Morgan fingerprint density at radius 3 is 2.30 bits per heavy atom. The molecule has 0 unspecified atom stereocenters. The van der Waals surface area contributed by atoms with E-state index in [4.69, 9.17) is 30.7 Å². The molecule has 0 N–H and O–H groups in total. The first kappa shape index (κ1) is 10.7. The number of nitrogens with zero attached hydrogens (tertiary/aromatic N) is 1. The van der Waals surface area contributed by atoms with Crippen molar-refractivity contribution in [1.29, 1.82) is 0 Å². The van der Waals surface area contributed by atoms with E-state index in [0.29, 0.717) is 5.02 Å². The molecule has 0 saturated carbocycles. The molecular formula is C5H3Cl3NPd-. The molecule has 1 nitrogen and oxygen atoms in total. The van der Waals surface area contributed by atoms with Gasteiger partial charge in [0, 0.05) is 0 Å². The van der Waals surface area contributed by atoms with Gasteiger partial charge in [-0.3, -0.25) is 0 Å². The van der Waals surface area contributed by atoms with Gasteiger partial charge in [-0.25, -0.2) is 0 Å². The molecule has 0 bridgehead atoms. The predicted molar refractivity (Wildman–Crippen MR) is 39.8 cm³/mol. The molecule has 0 saturated heterocycles. The average molecular weight is 290 g/mol. The van der Waals surface area contributed by atoms with Crippen LogP contribution in [-0.2, 0) is 15.9 Å². The summed E-state index contributed by atoms with van der Waals surface area (Å²) in [6, 6.07) is 3.49.